The van der Waals surface area contributed by atoms with Crippen molar-refractivity contribution in [1.82, 2.24) is 10.2 Å². The van der Waals surface area contributed by atoms with Gasteiger partial charge in [-0.3, -0.25) is 4.79 Å². The molecule has 3 N–H and O–H groups in total. The fraction of sp³-hybridized carbons (Fsp3) is 0.923. The molecule has 1 amide bonds. The average Bonchev–Trinajstić information content (AvgIpc) is 2.70. The first-order valence-electron chi connectivity index (χ1n) is 6.58. The molecule has 1 aliphatic rings. The summed E-state index contributed by atoms with van der Waals surface area (Å²) in [5.41, 5.74) is 5.63. The molecule has 1 atom stereocenters. The summed E-state index contributed by atoms with van der Waals surface area (Å²) in [6, 6.07) is 0. The second-order valence-corrected chi connectivity index (χ2v) is 6.10. The van der Waals surface area contributed by atoms with Crippen molar-refractivity contribution in [3.63, 3.8) is 0 Å². The number of carbonyl (C=O) groups excluding carboxylic acids is 1. The van der Waals surface area contributed by atoms with Crippen LogP contribution in [0.5, 0.6) is 0 Å². The van der Waals surface area contributed by atoms with Crippen LogP contribution in [0.3, 0.4) is 0 Å². The zero-order chi connectivity index (χ0) is 12.9. The maximum Gasteiger partial charge on any atom is 0.220 e. The van der Waals surface area contributed by atoms with Gasteiger partial charge in [-0.05, 0) is 44.3 Å². The molecule has 0 bridgehead atoms. The van der Waals surface area contributed by atoms with E-state index < -0.39 is 0 Å². The number of nitrogens with two attached hydrogens (primary N) is 1. The second kappa shape index (κ2) is 6.36. The summed E-state index contributed by atoms with van der Waals surface area (Å²) in [6.45, 7) is 7.72. The summed E-state index contributed by atoms with van der Waals surface area (Å²) >= 11 is 0. The number of hydrogen-bond acceptors (Lipinski definition) is 3. The van der Waals surface area contributed by atoms with Gasteiger partial charge in [0, 0.05) is 19.5 Å². The number of nitrogens with one attached hydrogen (secondary N) is 1. The lowest BCUT2D eigenvalue weighted by Gasteiger charge is -2.22. The van der Waals surface area contributed by atoms with Crippen LogP contribution >= 0.6 is 0 Å². The van der Waals surface area contributed by atoms with Gasteiger partial charge in [-0.15, -0.1) is 0 Å². The second-order valence-electron chi connectivity index (χ2n) is 6.10. The highest BCUT2D eigenvalue weighted by molar-refractivity contribution is 5.75. The highest BCUT2D eigenvalue weighted by Gasteiger charge is 2.21. The smallest absolute Gasteiger partial charge is 0.220 e. The number of amides is 1. The number of hydrogen-bond donors (Lipinski definition) is 2. The fourth-order valence-corrected chi connectivity index (χ4v) is 2.10. The molecule has 1 saturated heterocycles. The Morgan fingerprint density at radius 2 is 2.24 bits per heavy atom. The monoisotopic (exact) mass is 241 g/mol. The van der Waals surface area contributed by atoms with E-state index in [4.69, 9.17) is 5.73 Å². The van der Waals surface area contributed by atoms with Crippen LogP contribution in [-0.2, 0) is 4.79 Å². The Morgan fingerprint density at radius 3 is 2.76 bits per heavy atom. The molecule has 1 unspecified atom stereocenters. The van der Waals surface area contributed by atoms with E-state index in [1.807, 2.05) is 0 Å². The van der Waals surface area contributed by atoms with Crippen LogP contribution in [0.15, 0.2) is 0 Å². The normalized spacial score (nSPS) is 21.8. The first kappa shape index (κ1) is 14.5. The lowest BCUT2D eigenvalue weighted by atomic mass is 9.94. The van der Waals surface area contributed by atoms with Gasteiger partial charge in [0.15, 0.2) is 0 Å². The standard InChI is InChI=1S/C13H27N3O/c1-13(2,9-14)10-15-12(17)5-4-11-6-7-16(3)8-11/h11H,4-10,14H2,1-3H3,(H,15,17). The molecule has 0 radical (unpaired) electrons. The largest absolute Gasteiger partial charge is 0.356 e. The van der Waals surface area contributed by atoms with Gasteiger partial charge in [-0.25, -0.2) is 0 Å². The van der Waals surface area contributed by atoms with E-state index in [9.17, 15) is 4.79 Å². The maximum atomic E-state index is 11.7. The molecule has 4 heteroatoms. The SMILES string of the molecule is CN1CCC(CCC(=O)NCC(C)(C)CN)C1. The number of rotatable bonds is 6. The molecule has 1 rings (SSSR count). The Balaban J connectivity index is 2.13. The zero-order valence-electron chi connectivity index (χ0n) is 11.5. The highest BCUT2D eigenvalue weighted by Crippen LogP contribution is 2.19. The quantitative estimate of drug-likeness (QED) is 0.724. The minimum absolute atomic E-state index is 0.00321. The van der Waals surface area contributed by atoms with Crippen molar-refractivity contribution in [1.29, 1.82) is 0 Å². The molecular weight excluding hydrogens is 214 g/mol. The van der Waals surface area contributed by atoms with Gasteiger partial charge in [0.2, 0.25) is 5.91 Å². The molecule has 0 saturated carbocycles. The fourth-order valence-electron chi connectivity index (χ4n) is 2.10. The Kier molecular flexibility index (Phi) is 5.40. The molecule has 1 fully saturated rings. The summed E-state index contributed by atoms with van der Waals surface area (Å²) < 4.78 is 0. The first-order valence-corrected chi connectivity index (χ1v) is 6.58. The molecule has 0 spiro atoms. The number of carbonyl (C=O) groups is 1. The highest BCUT2D eigenvalue weighted by atomic mass is 16.1. The van der Waals surface area contributed by atoms with Crippen LogP contribution in [0.2, 0.25) is 0 Å². The minimum Gasteiger partial charge on any atom is -0.356 e. The molecular formula is C13H27N3O. The van der Waals surface area contributed by atoms with E-state index in [0.29, 0.717) is 25.4 Å². The first-order chi connectivity index (χ1) is 7.93. The van der Waals surface area contributed by atoms with Gasteiger partial charge >= 0.3 is 0 Å². The average molecular weight is 241 g/mol. The van der Waals surface area contributed by atoms with Gasteiger partial charge < -0.3 is 16.0 Å². The number of likely N-dealkylation sites (tertiary alicyclic amines) is 1. The molecule has 1 aliphatic heterocycles. The van der Waals surface area contributed by atoms with Crippen LogP contribution in [-0.4, -0.2) is 44.0 Å². The van der Waals surface area contributed by atoms with Crippen molar-refractivity contribution in [3.05, 3.63) is 0 Å². The molecule has 100 valence electrons. The van der Waals surface area contributed by atoms with Gasteiger partial charge in [-0.1, -0.05) is 13.8 Å². The van der Waals surface area contributed by atoms with E-state index in [0.717, 1.165) is 13.0 Å². The third-order valence-electron chi connectivity index (χ3n) is 3.59. The Hall–Kier alpha value is -0.610. The van der Waals surface area contributed by atoms with Gasteiger partial charge in [-0.2, -0.15) is 0 Å². The summed E-state index contributed by atoms with van der Waals surface area (Å²) in [4.78, 5) is 14.0. The molecule has 0 aromatic carbocycles. The van der Waals surface area contributed by atoms with E-state index in [2.05, 4.69) is 31.1 Å². The molecule has 0 aliphatic carbocycles. The van der Waals surface area contributed by atoms with E-state index >= 15 is 0 Å². The molecule has 4 nitrogen and oxygen atoms in total. The Morgan fingerprint density at radius 1 is 1.53 bits per heavy atom. The van der Waals surface area contributed by atoms with Crippen LogP contribution < -0.4 is 11.1 Å². The summed E-state index contributed by atoms with van der Waals surface area (Å²) in [6.07, 6.45) is 2.90. The lowest BCUT2D eigenvalue weighted by Crippen LogP contribution is -2.38. The third kappa shape index (κ3) is 5.50. The van der Waals surface area contributed by atoms with Crippen molar-refractivity contribution in [2.24, 2.45) is 17.1 Å². The van der Waals surface area contributed by atoms with Crippen molar-refractivity contribution in [2.45, 2.75) is 33.1 Å². The molecule has 0 aromatic rings. The Labute approximate surface area is 105 Å². The van der Waals surface area contributed by atoms with E-state index in [1.54, 1.807) is 0 Å². The van der Waals surface area contributed by atoms with Crippen molar-refractivity contribution in [2.75, 3.05) is 33.2 Å². The van der Waals surface area contributed by atoms with Crippen molar-refractivity contribution >= 4 is 5.91 Å². The topological polar surface area (TPSA) is 58.4 Å². The van der Waals surface area contributed by atoms with Crippen LogP contribution in [0.4, 0.5) is 0 Å². The minimum atomic E-state index is 0.00321. The molecule has 0 aromatic heterocycles. The molecule has 1 heterocycles. The summed E-state index contributed by atoms with van der Waals surface area (Å²) in [7, 11) is 2.14. The van der Waals surface area contributed by atoms with Gasteiger partial charge in [0.05, 0.1) is 0 Å². The van der Waals surface area contributed by atoms with Crippen LogP contribution in [0.1, 0.15) is 33.1 Å². The van der Waals surface area contributed by atoms with E-state index in [-0.39, 0.29) is 11.3 Å². The predicted molar refractivity (Wildman–Crippen MR) is 70.7 cm³/mol. The van der Waals surface area contributed by atoms with Gasteiger partial charge in [0.1, 0.15) is 0 Å². The Bertz CT molecular complexity index is 253. The van der Waals surface area contributed by atoms with Crippen molar-refractivity contribution in [3.8, 4) is 0 Å². The van der Waals surface area contributed by atoms with E-state index in [1.165, 1.54) is 13.0 Å². The van der Waals surface area contributed by atoms with Gasteiger partial charge in [0.25, 0.3) is 0 Å². The predicted octanol–water partition coefficient (Wildman–Crippen LogP) is 0.819. The summed E-state index contributed by atoms with van der Waals surface area (Å²) in [5, 5.41) is 2.98. The lowest BCUT2D eigenvalue weighted by molar-refractivity contribution is -0.121. The number of nitrogens with zero attached hydrogens (tertiary/aromatic N) is 1. The van der Waals surface area contributed by atoms with Crippen LogP contribution in [0, 0.1) is 11.3 Å². The maximum absolute atomic E-state index is 11.7. The zero-order valence-corrected chi connectivity index (χ0v) is 11.5. The van der Waals surface area contributed by atoms with Crippen LogP contribution in [0.25, 0.3) is 0 Å². The third-order valence-corrected chi connectivity index (χ3v) is 3.59. The summed E-state index contributed by atoms with van der Waals surface area (Å²) in [5.74, 6) is 0.870. The molecule has 17 heavy (non-hydrogen) atoms. The van der Waals surface area contributed by atoms with Crippen molar-refractivity contribution < 1.29 is 4.79 Å².